The molecule has 0 saturated heterocycles. The van der Waals surface area contributed by atoms with Gasteiger partial charge in [0.1, 0.15) is 0 Å². The summed E-state index contributed by atoms with van der Waals surface area (Å²) in [5.41, 5.74) is 9.34. The van der Waals surface area contributed by atoms with Gasteiger partial charge in [-0.15, -0.1) is 0 Å². The van der Waals surface area contributed by atoms with Crippen LogP contribution in [0.1, 0.15) is 24.0 Å². The van der Waals surface area contributed by atoms with Crippen LogP contribution in [-0.4, -0.2) is 22.5 Å². The summed E-state index contributed by atoms with van der Waals surface area (Å²) in [6.45, 7) is 2.08. The molecule has 2 N–H and O–H groups in total. The molecule has 3 heteroatoms. The molecule has 0 aliphatic heterocycles. The van der Waals surface area contributed by atoms with E-state index in [0.717, 1.165) is 31.2 Å². The first kappa shape index (κ1) is 13.1. The third-order valence-electron chi connectivity index (χ3n) is 3.81. The molecule has 1 aliphatic rings. The van der Waals surface area contributed by atoms with Crippen molar-refractivity contribution in [2.45, 2.75) is 31.8 Å². The van der Waals surface area contributed by atoms with Gasteiger partial charge < -0.3 is 5.73 Å². The van der Waals surface area contributed by atoms with Crippen molar-refractivity contribution in [3.05, 3.63) is 59.9 Å². The maximum atomic E-state index is 5.86. The summed E-state index contributed by atoms with van der Waals surface area (Å²) in [5, 5.41) is 0. The molecule has 0 spiro atoms. The van der Waals surface area contributed by atoms with Gasteiger partial charge in [-0.2, -0.15) is 0 Å². The summed E-state index contributed by atoms with van der Waals surface area (Å²) in [7, 11) is 0. The van der Waals surface area contributed by atoms with Crippen LogP contribution < -0.4 is 5.73 Å². The quantitative estimate of drug-likeness (QED) is 0.818. The summed E-state index contributed by atoms with van der Waals surface area (Å²) in [5.74, 6) is 0. The van der Waals surface area contributed by atoms with Crippen molar-refractivity contribution in [3.8, 4) is 0 Å². The van der Waals surface area contributed by atoms with Crippen LogP contribution in [0.2, 0.25) is 0 Å². The molecule has 1 aliphatic carbocycles. The smallest absolute Gasteiger partial charge is 0.0317 e. The Hall–Kier alpha value is -1.87. The van der Waals surface area contributed by atoms with Crippen molar-refractivity contribution in [3.63, 3.8) is 0 Å². The van der Waals surface area contributed by atoms with Gasteiger partial charge in [0.25, 0.3) is 0 Å². The molecule has 3 nitrogen and oxygen atoms in total. The second kappa shape index (κ2) is 6.06. The van der Waals surface area contributed by atoms with Crippen molar-refractivity contribution in [1.29, 1.82) is 0 Å². The molecule has 2 aromatic rings. The summed E-state index contributed by atoms with van der Waals surface area (Å²) in [6.07, 6.45) is 7.51. The third-order valence-corrected chi connectivity index (χ3v) is 3.81. The monoisotopic (exact) mass is 267 g/mol. The number of anilines is 1. The number of hydrogen-bond acceptors (Lipinski definition) is 3. The molecule has 104 valence electrons. The standard InChI is InChI=1S/C17H21N3/c18-16-5-1-3-15(11-16)13-20(17-6-7-17)10-8-14-4-2-9-19-12-14/h1-5,9,11-12,17H,6-8,10,13,18H2. The van der Waals surface area contributed by atoms with Gasteiger partial charge in [0.15, 0.2) is 0 Å². The van der Waals surface area contributed by atoms with Gasteiger partial charge in [0, 0.05) is 37.2 Å². The largest absolute Gasteiger partial charge is 0.399 e. The highest BCUT2D eigenvalue weighted by atomic mass is 15.2. The highest BCUT2D eigenvalue weighted by Gasteiger charge is 2.28. The average molecular weight is 267 g/mol. The van der Waals surface area contributed by atoms with E-state index in [4.69, 9.17) is 5.73 Å². The van der Waals surface area contributed by atoms with Crippen LogP contribution in [0, 0.1) is 0 Å². The lowest BCUT2D eigenvalue weighted by atomic mass is 10.1. The molecule has 0 unspecified atom stereocenters. The highest BCUT2D eigenvalue weighted by molar-refractivity contribution is 5.40. The minimum Gasteiger partial charge on any atom is -0.399 e. The highest BCUT2D eigenvalue weighted by Crippen LogP contribution is 2.28. The Kier molecular flexibility index (Phi) is 3.97. The molecule has 1 aromatic heterocycles. The van der Waals surface area contributed by atoms with Crippen molar-refractivity contribution in [2.75, 3.05) is 12.3 Å². The van der Waals surface area contributed by atoms with E-state index in [0.29, 0.717) is 0 Å². The van der Waals surface area contributed by atoms with Crippen LogP contribution in [0.3, 0.4) is 0 Å². The van der Waals surface area contributed by atoms with E-state index in [2.05, 4.69) is 28.1 Å². The fourth-order valence-corrected chi connectivity index (χ4v) is 2.58. The minimum absolute atomic E-state index is 0.758. The number of aromatic nitrogens is 1. The molecule has 0 bridgehead atoms. The van der Waals surface area contributed by atoms with E-state index >= 15 is 0 Å². The topological polar surface area (TPSA) is 42.1 Å². The Balaban J connectivity index is 1.61. The van der Waals surface area contributed by atoms with Crippen molar-refractivity contribution >= 4 is 5.69 Å². The Morgan fingerprint density at radius 3 is 2.70 bits per heavy atom. The molecule has 1 heterocycles. The van der Waals surface area contributed by atoms with Crippen molar-refractivity contribution < 1.29 is 0 Å². The lowest BCUT2D eigenvalue weighted by molar-refractivity contribution is 0.258. The number of rotatable bonds is 6. The van der Waals surface area contributed by atoms with Crippen LogP contribution in [0.25, 0.3) is 0 Å². The molecule has 0 atom stereocenters. The molecule has 0 amide bonds. The predicted molar refractivity (Wildman–Crippen MR) is 82.2 cm³/mol. The summed E-state index contributed by atoms with van der Waals surface area (Å²) in [6, 6.07) is 13.1. The zero-order valence-electron chi connectivity index (χ0n) is 11.7. The zero-order chi connectivity index (χ0) is 13.8. The SMILES string of the molecule is Nc1cccc(CN(CCc2cccnc2)C2CC2)c1. The molecular formula is C17H21N3. The Morgan fingerprint density at radius 1 is 1.15 bits per heavy atom. The van der Waals surface area contributed by atoms with Crippen LogP contribution in [-0.2, 0) is 13.0 Å². The first-order valence-electron chi connectivity index (χ1n) is 7.28. The Labute approximate surface area is 120 Å². The fourth-order valence-electron chi connectivity index (χ4n) is 2.58. The number of hydrogen-bond donors (Lipinski definition) is 1. The number of benzene rings is 1. The molecule has 3 rings (SSSR count). The molecule has 1 aromatic carbocycles. The number of pyridine rings is 1. The molecule has 1 fully saturated rings. The fraction of sp³-hybridized carbons (Fsp3) is 0.353. The van der Waals surface area contributed by atoms with Gasteiger partial charge in [-0.1, -0.05) is 18.2 Å². The number of nitrogens with zero attached hydrogens (tertiary/aromatic N) is 2. The number of nitrogens with two attached hydrogens (primary N) is 1. The lowest BCUT2D eigenvalue weighted by Gasteiger charge is -2.22. The zero-order valence-corrected chi connectivity index (χ0v) is 11.7. The van der Waals surface area contributed by atoms with Gasteiger partial charge in [-0.25, -0.2) is 0 Å². The normalized spacial score (nSPS) is 14.7. The first-order valence-corrected chi connectivity index (χ1v) is 7.28. The summed E-state index contributed by atoms with van der Waals surface area (Å²) in [4.78, 5) is 6.75. The molecular weight excluding hydrogens is 246 g/mol. The summed E-state index contributed by atoms with van der Waals surface area (Å²) >= 11 is 0. The summed E-state index contributed by atoms with van der Waals surface area (Å²) < 4.78 is 0. The van der Waals surface area contributed by atoms with Gasteiger partial charge in [-0.3, -0.25) is 9.88 Å². The van der Waals surface area contributed by atoms with Crippen LogP contribution in [0.4, 0.5) is 5.69 Å². The molecule has 0 radical (unpaired) electrons. The van der Waals surface area contributed by atoms with Crippen LogP contribution >= 0.6 is 0 Å². The second-order valence-corrected chi connectivity index (χ2v) is 5.56. The third kappa shape index (κ3) is 3.58. The van der Waals surface area contributed by atoms with Crippen molar-refractivity contribution in [2.24, 2.45) is 0 Å². The van der Waals surface area contributed by atoms with Crippen LogP contribution in [0.5, 0.6) is 0 Å². The van der Waals surface area contributed by atoms with Gasteiger partial charge in [0.05, 0.1) is 0 Å². The van der Waals surface area contributed by atoms with Crippen molar-refractivity contribution in [1.82, 2.24) is 9.88 Å². The molecule has 20 heavy (non-hydrogen) atoms. The Bertz CT molecular complexity index is 549. The predicted octanol–water partition coefficient (Wildman–Crippen LogP) is 2.87. The minimum atomic E-state index is 0.758. The first-order chi connectivity index (χ1) is 9.81. The second-order valence-electron chi connectivity index (χ2n) is 5.56. The van der Waals surface area contributed by atoms with E-state index in [1.165, 1.54) is 24.0 Å². The van der Waals surface area contributed by atoms with E-state index in [1.807, 2.05) is 30.6 Å². The lowest BCUT2D eigenvalue weighted by Crippen LogP contribution is -2.28. The van der Waals surface area contributed by atoms with Gasteiger partial charge in [0.2, 0.25) is 0 Å². The maximum absolute atomic E-state index is 5.86. The van der Waals surface area contributed by atoms with Crippen LogP contribution in [0.15, 0.2) is 48.8 Å². The van der Waals surface area contributed by atoms with E-state index in [9.17, 15) is 0 Å². The maximum Gasteiger partial charge on any atom is 0.0317 e. The average Bonchev–Trinajstić information content (AvgIpc) is 3.29. The molecule has 1 saturated carbocycles. The Morgan fingerprint density at radius 2 is 2.00 bits per heavy atom. The van der Waals surface area contributed by atoms with Gasteiger partial charge in [-0.05, 0) is 48.6 Å². The van der Waals surface area contributed by atoms with E-state index in [1.54, 1.807) is 0 Å². The number of nitrogen functional groups attached to an aromatic ring is 1. The van der Waals surface area contributed by atoms with E-state index in [-0.39, 0.29) is 0 Å². The van der Waals surface area contributed by atoms with E-state index < -0.39 is 0 Å². The van der Waals surface area contributed by atoms with Gasteiger partial charge >= 0.3 is 0 Å².